The molecule has 2 rings (SSSR count). The summed E-state index contributed by atoms with van der Waals surface area (Å²) >= 11 is 0. The van der Waals surface area contributed by atoms with Gasteiger partial charge in [0.1, 0.15) is 24.4 Å². The predicted octanol–water partition coefficient (Wildman–Crippen LogP) is -1.24. The van der Waals surface area contributed by atoms with Crippen molar-refractivity contribution in [1.82, 2.24) is 0 Å². The largest absolute Gasteiger partial charge is 0.480 e. The van der Waals surface area contributed by atoms with E-state index < -0.39 is 48.8 Å². The third-order valence-corrected chi connectivity index (χ3v) is 4.00. The van der Waals surface area contributed by atoms with Gasteiger partial charge in [-0.1, -0.05) is 60.7 Å². The summed E-state index contributed by atoms with van der Waals surface area (Å²) in [6.45, 7) is -0.913. The van der Waals surface area contributed by atoms with Crippen molar-refractivity contribution in [1.29, 1.82) is 0 Å². The zero-order valence-corrected chi connectivity index (χ0v) is 15.4. The summed E-state index contributed by atoms with van der Waals surface area (Å²) < 4.78 is 0. The normalized spacial score (nSPS) is 15.8. The number of ketones is 1. The van der Waals surface area contributed by atoms with E-state index in [4.69, 9.17) is 26.2 Å². The number of carbonyl (C=O) groups excluding carboxylic acids is 1. The molecule has 0 amide bonds. The molecule has 0 fully saturated rings. The maximum absolute atomic E-state index is 11.2. The highest BCUT2D eigenvalue weighted by atomic mass is 16.4. The van der Waals surface area contributed by atoms with Crippen LogP contribution in [0.5, 0.6) is 0 Å². The van der Waals surface area contributed by atoms with Gasteiger partial charge in [0.25, 0.3) is 0 Å². The highest BCUT2D eigenvalue weighted by molar-refractivity contribution is 6.04. The predicted molar refractivity (Wildman–Crippen MR) is 104 cm³/mol. The van der Waals surface area contributed by atoms with Crippen molar-refractivity contribution < 1.29 is 40.2 Å². The monoisotopic (exact) mass is 407 g/mol. The van der Waals surface area contributed by atoms with Crippen molar-refractivity contribution in [3.05, 3.63) is 60.7 Å². The molecule has 9 nitrogen and oxygen atoms in total. The smallest absolute Gasteiger partial charge is 0.328 e. The van der Waals surface area contributed by atoms with Gasteiger partial charge in [-0.15, -0.1) is 0 Å². The minimum absolute atomic E-state index is 0.913. The Labute approximate surface area is 167 Å². The third-order valence-electron chi connectivity index (χ3n) is 4.00. The Hall–Kier alpha value is -2.66. The molecule has 158 valence electrons. The van der Waals surface area contributed by atoms with E-state index in [1.165, 1.54) is 11.1 Å². The van der Waals surface area contributed by atoms with E-state index in [2.05, 4.69) is 48.5 Å². The second-order valence-corrected chi connectivity index (χ2v) is 6.13. The van der Waals surface area contributed by atoms with Crippen molar-refractivity contribution in [2.75, 3.05) is 6.61 Å². The number of carbonyl (C=O) groups is 2. The molecule has 0 radical (unpaired) electrons. The van der Waals surface area contributed by atoms with Crippen LogP contribution in [0.4, 0.5) is 0 Å². The Kier molecular flexibility index (Phi) is 10.1. The molecular weight excluding hydrogens is 382 g/mol. The van der Waals surface area contributed by atoms with Crippen LogP contribution in [0.1, 0.15) is 0 Å². The van der Waals surface area contributed by atoms with Crippen LogP contribution < -0.4 is 5.73 Å². The fraction of sp³-hybridized carbons (Fsp3) is 0.300. The second kappa shape index (κ2) is 12.0. The average Bonchev–Trinajstić information content (AvgIpc) is 2.77. The number of hydrogen-bond donors (Lipinski definition) is 7. The molecule has 0 aromatic heterocycles. The molecule has 5 atom stereocenters. The molecule has 0 bridgehead atoms. The maximum Gasteiger partial charge on any atom is 0.328 e. The van der Waals surface area contributed by atoms with E-state index in [9.17, 15) is 19.8 Å². The molecule has 0 spiro atoms. The molecule has 0 heterocycles. The fourth-order valence-electron chi connectivity index (χ4n) is 2.26. The number of rotatable bonds is 8. The van der Waals surface area contributed by atoms with Gasteiger partial charge in [0.2, 0.25) is 0 Å². The fourth-order valence-corrected chi connectivity index (χ4v) is 2.26. The molecular formula is C20H25NO8. The van der Waals surface area contributed by atoms with Crippen LogP contribution in [0.2, 0.25) is 0 Å². The SMILES string of the molecule is NC(C(=O)O)C(=O)[C@H](O)[C@@H](O)[C@H](O)[C@H](O)CO.c1ccc(-c2ccccc2)cc1. The summed E-state index contributed by atoms with van der Waals surface area (Å²) in [6, 6.07) is 18.7. The van der Waals surface area contributed by atoms with Crippen LogP contribution in [-0.2, 0) is 9.59 Å². The first-order chi connectivity index (χ1) is 13.7. The standard InChI is InChI=1S/C12H10.C8H15NO8/c1-3-7-11(8-4-1)12-9-5-2-6-10-12;9-3(8(16)17)5(13)7(15)6(14)4(12)2(11)1-10/h1-10H;2-4,6-7,10-12,14-15H,1,9H2,(H,16,17)/t;2-,3?,4-,6+,7+/m.1/s1. The minimum Gasteiger partial charge on any atom is -0.480 e. The topological polar surface area (TPSA) is 182 Å². The van der Waals surface area contributed by atoms with Gasteiger partial charge in [0.15, 0.2) is 11.8 Å². The van der Waals surface area contributed by atoms with Gasteiger partial charge >= 0.3 is 5.97 Å². The van der Waals surface area contributed by atoms with Crippen molar-refractivity contribution in [3.63, 3.8) is 0 Å². The summed E-state index contributed by atoms with van der Waals surface area (Å²) in [5.74, 6) is -3.13. The average molecular weight is 407 g/mol. The Morgan fingerprint density at radius 3 is 1.55 bits per heavy atom. The van der Waals surface area contributed by atoms with E-state index >= 15 is 0 Å². The number of nitrogens with two attached hydrogens (primary N) is 1. The Balaban J connectivity index is 0.000000304. The molecule has 0 saturated carbocycles. The Morgan fingerprint density at radius 2 is 1.21 bits per heavy atom. The number of Topliss-reactive ketones (excluding diaryl/α,β-unsaturated/α-hetero) is 1. The van der Waals surface area contributed by atoms with E-state index in [0.29, 0.717) is 0 Å². The zero-order valence-electron chi connectivity index (χ0n) is 15.4. The van der Waals surface area contributed by atoms with E-state index in [1.807, 2.05) is 12.1 Å². The van der Waals surface area contributed by atoms with Crippen molar-refractivity contribution >= 4 is 11.8 Å². The molecule has 0 aliphatic heterocycles. The number of hydrogen-bond acceptors (Lipinski definition) is 8. The Morgan fingerprint density at radius 1 is 0.793 bits per heavy atom. The Bertz CT molecular complexity index is 718. The number of benzene rings is 2. The van der Waals surface area contributed by atoms with Crippen LogP contribution in [0.25, 0.3) is 11.1 Å². The third kappa shape index (κ3) is 7.35. The van der Waals surface area contributed by atoms with Gasteiger partial charge in [-0.25, -0.2) is 0 Å². The van der Waals surface area contributed by atoms with Crippen LogP contribution in [-0.4, -0.2) is 79.5 Å². The summed E-state index contributed by atoms with van der Waals surface area (Å²) in [6.07, 6.45) is -8.24. The quantitative estimate of drug-likeness (QED) is 0.263. The van der Waals surface area contributed by atoms with Gasteiger partial charge in [-0.3, -0.25) is 9.59 Å². The molecule has 0 aliphatic carbocycles. The van der Waals surface area contributed by atoms with Gasteiger partial charge in [-0.2, -0.15) is 0 Å². The number of aliphatic hydroxyl groups excluding tert-OH is 5. The first kappa shape index (κ1) is 24.4. The zero-order chi connectivity index (χ0) is 22.0. The number of aliphatic hydroxyl groups is 5. The van der Waals surface area contributed by atoms with Gasteiger partial charge in [0, 0.05) is 0 Å². The van der Waals surface area contributed by atoms with E-state index in [-0.39, 0.29) is 0 Å². The van der Waals surface area contributed by atoms with Gasteiger partial charge < -0.3 is 36.4 Å². The minimum atomic E-state index is -2.28. The molecule has 8 N–H and O–H groups in total. The molecule has 2 aromatic carbocycles. The molecule has 29 heavy (non-hydrogen) atoms. The number of aliphatic carboxylic acids is 1. The first-order valence-electron chi connectivity index (χ1n) is 8.66. The lowest BCUT2D eigenvalue weighted by molar-refractivity contribution is -0.154. The summed E-state index contributed by atoms with van der Waals surface area (Å²) in [5.41, 5.74) is 7.45. The van der Waals surface area contributed by atoms with E-state index in [1.54, 1.807) is 0 Å². The molecule has 2 aromatic rings. The van der Waals surface area contributed by atoms with Crippen LogP contribution in [0.3, 0.4) is 0 Å². The maximum atomic E-state index is 11.2. The molecule has 9 heteroatoms. The van der Waals surface area contributed by atoms with Gasteiger partial charge in [-0.05, 0) is 11.1 Å². The first-order valence-corrected chi connectivity index (χ1v) is 8.66. The van der Waals surface area contributed by atoms with Crippen molar-refractivity contribution in [3.8, 4) is 11.1 Å². The lowest BCUT2D eigenvalue weighted by Crippen LogP contribution is -2.54. The molecule has 0 aliphatic rings. The second-order valence-electron chi connectivity index (χ2n) is 6.13. The highest BCUT2D eigenvalue weighted by Crippen LogP contribution is 2.17. The summed E-state index contributed by atoms with van der Waals surface area (Å²) in [5, 5.41) is 53.4. The molecule has 0 saturated heterocycles. The van der Waals surface area contributed by atoms with Crippen LogP contribution in [0.15, 0.2) is 60.7 Å². The number of carboxylic acids is 1. The lowest BCUT2D eigenvalue weighted by atomic mass is 9.97. The number of carboxylic acid groups (broad SMARTS) is 1. The van der Waals surface area contributed by atoms with Crippen molar-refractivity contribution in [2.45, 2.75) is 30.5 Å². The van der Waals surface area contributed by atoms with E-state index in [0.717, 1.165) is 0 Å². The van der Waals surface area contributed by atoms with Crippen LogP contribution >= 0.6 is 0 Å². The van der Waals surface area contributed by atoms with Crippen LogP contribution in [0, 0.1) is 0 Å². The van der Waals surface area contributed by atoms with Crippen molar-refractivity contribution in [2.24, 2.45) is 5.73 Å². The summed E-state index contributed by atoms with van der Waals surface area (Å²) in [7, 11) is 0. The molecule has 1 unspecified atom stereocenters. The lowest BCUT2D eigenvalue weighted by Gasteiger charge is -2.25. The summed E-state index contributed by atoms with van der Waals surface area (Å²) in [4.78, 5) is 21.5. The highest BCUT2D eigenvalue weighted by Gasteiger charge is 2.38. The van der Waals surface area contributed by atoms with Gasteiger partial charge in [0.05, 0.1) is 6.61 Å².